The fraction of sp³-hybridized carbons (Fsp3) is 0.0833. The maximum Gasteiger partial charge on any atom is 0.141 e. The van der Waals surface area contributed by atoms with Crippen LogP contribution in [0.4, 0.5) is 0 Å². The number of aromatic nitrogens is 1. The summed E-state index contributed by atoms with van der Waals surface area (Å²) in [5, 5.41) is 18.2. The molecule has 72 valence electrons. The summed E-state index contributed by atoms with van der Waals surface area (Å²) in [5.41, 5.74) is 1.78. The van der Waals surface area contributed by atoms with Crippen LogP contribution >= 0.6 is 0 Å². The molecule has 0 aliphatic carbocycles. The predicted molar refractivity (Wildman–Crippen MR) is 59.0 cm³/mol. The Morgan fingerprint density at radius 2 is 2.27 bits per heavy atom. The van der Waals surface area contributed by atoms with Crippen LogP contribution in [0.2, 0.25) is 0 Å². The van der Waals surface area contributed by atoms with Crippen molar-refractivity contribution in [2.45, 2.75) is 6.92 Å². The number of nitriles is 1. The van der Waals surface area contributed by atoms with Crippen LogP contribution in [-0.2, 0) is 0 Å². The van der Waals surface area contributed by atoms with Crippen molar-refractivity contribution < 1.29 is 0 Å². The molecule has 15 heavy (non-hydrogen) atoms. The van der Waals surface area contributed by atoms with Crippen molar-refractivity contribution in [3.8, 4) is 6.07 Å². The van der Waals surface area contributed by atoms with Crippen LogP contribution in [-0.4, -0.2) is 10.7 Å². The van der Waals surface area contributed by atoms with E-state index in [0.717, 1.165) is 16.3 Å². The molecule has 0 aliphatic heterocycles. The smallest absolute Gasteiger partial charge is 0.141 e. The fourth-order valence-electron chi connectivity index (χ4n) is 1.56. The molecule has 0 unspecified atom stereocenters. The van der Waals surface area contributed by atoms with Gasteiger partial charge in [-0.15, -0.1) is 0 Å². The lowest BCUT2D eigenvalue weighted by atomic mass is 10.0. The van der Waals surface area contributed by atoms with Gasteiger partial charge in [0, 0.05) is 22.9 Å². The second kappa shape index (κ2) is 3.50. The number of hydrogen-bond acceptors (Lipinski definition) is 3. The Morgan fingerprint density at radius 1 is 1.47 bits per heavy atom. The zero-order valence-electron chi connectivity index (χ0n) is 8.28. The Hall–Kier alpha value is -2.21. The molecule has 1 aromatic carbocycles. The van der Waals surface area contributed by atoms with Crippen molar-refractivity contribution in [3.63, 3.8) is 0 Å². The van der Waals surface area contributed by atoms with Gasteiger partial charge in [0.1, 0.15) is 11.8 Å². The third-order valence-electron chi connectivity index (χ3n) is 2.28. The second-order valence-electron chi connectivity index (χ2n) is 3.33. The highest BCUT2D eigenvalue weighted by molar-refractivity contribution is 6.08. The molecule has 0 atom stereocenters. The molecular weight excluding hydrogens is 186 g/mol. The monoisotopic (exact) mass is 195 g/mol. The highest BCUT2D eigenvalue weighted by Gasteiger charge is 2.03. The number of pyridine rings is 1. The van der Waals surface area contributed by atoms with Gasteiger partial charge in [-0.1, -0.05) is 18.2 Å². The van der Waals surface area contributed by atoms with Gasteiger partial charge in [0.2, 0.25) is 0 Å². The van der Waals surface area contributed by atoms with Gasteiger partial charge in [-0.2, -0.15) is 5.26 Å². The number of benzene rings is 1. The first-order valence-corrected chi connectivity index (χ1v) is 4.57. The van der Waals surface area contributed by atoms with E-state index in [0.29, 0.717) is 11.4 Å². The van der Waals surface area contributed by atoms with Gasteiger partial charge in [0.15, 0.2) is 0 Å². The normalized spacial score (nSPS) is 9.87. The number of rotatable bonds is 1. The van der Waals surface area contributed by atoms with Gasteiger partial charge in [0.25, 0.3) is 0 Å². The Kier molecular flexibility index (Phi) is 2.18. The second-order valence-corrected chi connectivity index (χ2v) is 3.33. The molecule has 0 bridgehead atoms. The highest BCUT2D eigenvalue weighted by atomic mass is 14.7. The molecule has 1 N–H and O–H groups in total. The molecule has 1 aromatic heterocycles. The Morgan fingerprint density at radius 3 is 2.93 bits per heavy atom. The van der Waals surface area contributed by atoms with Crippen LogP contribution in [0.25, 0.3) is 10.8 Å². The molecule has 3 nitrogen and oxygen atoms in total. The lowest BCUT2D eigenvalue weighted by Gasteiger charge is -2.03. The Balaban J connectivity index is 2.79. The molecule has 3 heteroatoms. The number of nitrogens with zero attached hydrogens (tertiary/aromatic N) is 2. The number of nitrogens with one attached hydrogen (secondary N) is 1. The number of hydrogen-bond donors (Lipinski definition) is 1. The van der Waals surface area contributed by atoms with Crippen molar-refractivity contribution in [1.82, 2.24) is 4.98 Å². The van der Waals surface area contributed by atoms with Crippen molar-refractivity contribution in [2.75, 3.05) is 0 Å². The lowest BCUT2D eigenvalue weighted by molar-refractivity contribution is 1.29. The summed E-state index contributed by atoms with van der Waals surface area (Å²) in [5.74, 6) is 0. The van der Waals surface area contributed by atoms with Crippen LogP contribution in [0.15, 0.2) is 30.5 Å². The van der Waals surface area contributed by atoms with Crippen molar-refractivity contribution in [3.05, 3.63) is 41.7 Å². The highest BCUT2D eigenvalue weighted by Crippen LogP contribution is 2.18. The molecule has 0 radical (unpaired) electrons. The van der Waals surface area contributed by atoms with Crippen molar-refractivity contribution in [2.24, 2.45) is 0 Å². The molecule has 0 aliphatic rings. The van der Waals surface area contributed by atoms with Crippen molar-refractivity contribution in [1.29, 1.82) is 10.7 Å². The number of fused-ring (bicyclic) bond motifs is 1. The van der Waals surface area contributed by atoms with E-state index in [2.05, 4.69) is 4.98 Å². The zero-order chi connectivity index (χ0) is 10.8. The van der Waals surface area contributed by atoms with Gasteiger partial charge in [-0.25, -0.2) is 4.98 Å². The topological polar surface area (TPSA) is 60.5 Å². The minimum Gasteiger partial charge on any atom is -0.305 e. The third kappa shape index (κ3) is 1.57. The SMILES string of the molecule is CC(=N)c1cccc2cc(C#N)ncc12. The molecule has 0 saturated carbocycles. The largest absolute Gasteiger partial charge is 0.305 e. The van der Waals surface area contributed by atoms with E-state index >= 15 is 0 Å². The van der Waals surface area contributed by atoms with E-state index in [9.17, 15) is 0 Å². The van der Waals surface area contributed by atoms with E-state index in [1.807, 2.05) is 24.3 Å². The summed E-state index contributed by atoms with van der Waals surface area (Å²) in [4.78, 5) is 4.01. The molecular formula is C12H9N3. The summed E-state index contributed by atoms with van der Waals surface area (Å²) in [6.45, 7) is 1.74. The molecule has 0 spiro atoms. The van der Waals surface area contributed by atoms with Gasteiger partial charge in [-0.05, 0) is 18.4 Å². The summed E-state index contributed by atoms with van der Waals surface area (Å²) >= 11 is 0. The first kappa shape index (κ1) is 9.35. The van der Waals surface area contributed by atoms with Crippen LogP contribution in [0.5, 0.6) is 0 Å². The van der Waals surface area contributed by atoms with E-state index in [1.165, 1.54) is 0 Å². The minimum absolute atomic E-state index is 0.405. The van der Waals surface area contributed by atoms with E-state index in [4.69, 9.17) is 10.7 Å². The van der Waals surface area contributed by atoms with Crippen LogP contribution in [0.3, 0.4) is 0 Å². The molecule has 2 aromatic rings. The van der Waals surface area contributed by atoms with Crippen LogP contribution in [0.1, 0.15) is 18.2 Å². The molecule has 1 heterocycles. The maximum atomic E-state index is 8.72. The quantitative estimate of drug-likeness (QED) is 0.710. The lowest BCUT2D eigenvalue weighted by Crippen LogP contribution is -1.94. The molecule has 0 saturated heterocycles. The fourth-order valence-corrected chi connectivity index (χ4v) is 1.56. The minimum atomic E-state index is 0.405. The van der Waals surface area contributed by atoms with Crippen LogP contribution < -0.4 is 0 Å². The maximum absolute atomic E-state index is 8.72. The van der Waals surface area contributed by atoms with E-state index in [-0.39, 0.29) is 0 Å². The first-order chi connectivity index (χ1) is 7.22. The van der Waals surface area contributed by atoms with Crippen molar-refractivity contribution >= 4 is 16.5 Å². The zero-order valence-corrected chi connectivity index (χ0v) is 8.28. The van der Waals surface area contributed by atoms with Gasteiger partial charge >= 0.3 is 0 Å². The summed E-state index contributed by atoms with van der Waals surface area (Å²) in [6.07, 6.45) is 1.65. The average Bonchev–Trinajstić information content (AvgIpc) is 2.27. The standard InChI is InChI=1S/C12H9N3/c1-8(14)11-4-2-3-9-5-10(6-13)15-7-12(9)11/h2-5,7,14H,1H3. The average molecular weight is 195 g/mol. The summed E-state index contributed by atoms with van der Waals surface area (Å²) < 4.78 is 0. The van der Waals surface area contributed by atoms with Gasteiger partial charge in [-0.3, -0.25) is 0 Å². The Bertz CT molecular complexity index is 579. The molecule has 2 rings (SSSR count). The van der Waals surface area contributed by atoms with Gasteiger partial charge in [0.05, 0.1) is 0 Å². The predicted octanol–water partition coefficient (Wildman–Crippen LogP) is 2.49. The van der Waals surface area contributed by atoms with Crippen LogP contribution in [0, 0.1) is 16.7 Å². The van der Waals surface area contributed by atoms with E-state index in [1.54, 1.807) is 19.2 Å². The van der Waals surface area contributed by atoms with Gasteiger partial charge < -0.3 is 5.41 Å². The molecule has 0 amide bonds. The first-order valence-electron chi connectivity index (χ1n) is 4.57. The third-order valence-corrected chi connectivity index (χ3v) is 2.28. The summed E-state index contributed by atoms with van der Waals surface area (Å²) in [6, 6.07) is 9.43. The Labute approximate surface area is 87.5 Å². The summed E-state index contributed by atoms with van der Waals surface area (Å²) in [7, 11) is 0. The van der Waals surface area contributed by atoms with E-state index < -0.39 is 0 Å². The molecule has 0 fully saturated rings.